The maximum atomic E-state index is 12.7. The van der Waals surface area contributed by atoms with E-state index in [1.807, 2.05) is 0 Å². The van der Waals surface area contributed by atoms with Gasteiger partial charge >= 0.3 is 0 Å². The molecule has 0 bridgehead atoms. The molecule has 26 heavy (non-hydrogen) atoms. The molecule has 9 heteroatoms. The lowest BCUT2D eigenvalue weighted by Crippen LogP contribution is -2.40. The second-order valence-electron chi connectivity index (χ2n) is 5.99. The second kappa shape index (κ2) is 9.65. The fourth-order valence-electron chi connectivity index (χ4n) is 2.55. The molecule has 8 nitrogen and oxygen atoms in total. The standard InChI is InChI=1S/C17H25N3O5S/c1-14(21)18-7-2-3-8-19-17(22)15-5-4-6-16(13-15)26(23,24)20-9-11-25-12-10-20/h4-6,13H,2-3,7-12H2,1H3,(H,18,21)(H,19,22). The van der Waals surface area contributed by atoms with E-state index >= 15 is 0 Å². The lowest BCUT2D eigenvalue weighted by molar-refractivity contribution is -0.118. The quantitative estimate of drug-likeness (QED) is 0.631. The summed E-state index contributed by atoms with van der Waals surface area (Å²) >= 11 is 0. The first-order valence-electron chi connectivity index (χ1n) is 8.62. The Kier molecular flexibility index (Phi) is 7.55. The van der Waals surface area contributed by atoms with Gasteiger partial charge in [-0.25, -0.2) is 8.42 Å². The number of carbonyl (C=O) groups excluding carboxylic acids is 2. The fraction of sp³-hybridized carbons (Fsp3) is 0.529. The highest BCUT2D eigenvalue weighted by Crippen LogP contribution is 2.18. The van der Waals surface area contributed by atoms with Gasteiger partial charge in [-0.3, -0.25) is 9.59 Å². The number of nitrogens with zero attached hydrogens (tertiary/aromatic N) is 1. The van der Waals surface area contributed by atoms with Crippen LogP contribution in [0.15, 0.2) is 29.2 Å². The van der Waals surface area contributed by atoms with Crippen LogP contribution in [0.4, 0.5) is 0 Å². The molecule has 1 heterocycles. The zero-order valence-electron chi connectivity index (χ0n) is 14.9. The van der Waals surface area contributed by atoms with E-state index in [4.69, 9.17) is 4.74 Å². The molecule has 0 spiro atoms. The fourth-order valence-corrected chi connectivity index (χ4v) is 4.01. The number of benzene rings is 1. The Morgan fingerprint density at radius 1 is 1.12 bits per heavy atom. The van der Waals surface area contributed by atoms with Gasteiger partial charge in [-0.15, -0.1) is 0 Å². The van der Waals surface area contributed by atoms with Crippen molar-refractivity contribution in [1.29, 1.82) is 0 Å². The normalized spacial score (nSPS) is 15.4. The molecule has 1 saturated heterocycles. The Morgan fingerprint density at radius 2 is 1.77 bits per heavy atom. The summed E-state index contributed by atoms with van der Waals surface area (Å²) in [6.07, 6.45) is 1.48. The summed E-state index contributed by atoms with van der Waals surface area (Å²) in [5.74, 6) is -0.393. The van der Waals surface area contributed by atoms with Gasteiger partial charge in [-0.2, -0.15) is 4.31 Å². The van der Waals surface area contributed by atoms with Crippen molar-refractivity contribution in [3.63, 3.8) is 0 Å². The van der Waals surface area contributed by atoms with Crippen molar-refractivity contribution in [2.75, 3.05) is 39.4 Å². The number of rotatable bonds is 8. The maximum Gasteiger partial charge on any atom is 0.251 e. The Hall–Kier alpha value is -1.97. The lowest BCUT2D eigenvalue weighted by atomic mass is 10.2. The van der Waals surface area contributed by atoms with E-state index in [-0.39, 0.29) is 16.7 Å². The lowest BCUT2D eigenvalue weighted by Gasteiger charge is -2.26. The Balaban J connectivity index is 1.91. The number of sulfonamides is 1. The number of unbranched alkanes of at least 4 members (excludes halogenated alkanes) is 1. The van der Waals surface area contributed by atoms with Crippen LogP contribution < -0.4 is 10.6 Å². The molecule has 1 aromatic rings. The number of hydrogen-bond donors (Lipinski definition) is 2. The van der Waals surface area contributed by atoms with E-state index in [0.29, 0.717) is 45.0 Å². The van der Waals surface area contributed by atoms with Gasteiger partial charge in [-0.1, -0.05) is 6.07 Å². The molecule has 2 amide bonds. The number of nitrogens with one attached hydrogen (secondary N) is 2. The molecule has 2 N–H and O–H groups in total. The van der Waals surface area contributed by atoms with Crippen molar-refractivity contribution in [3.8, 4) is 0 Å². The van der Waals surface area contributed by atoms with Crippen molar-refractivity contribution < 1.29 is 22.7 Å². The van der Waals surface area contributed by atoms with E-state index in [2.05, 4.69) is 10.6 Å². The number of amides is 2. The average molecular weight is 383 g/mol. The minimum absolute atomic E-state index is 0.0765. The summed E-state index contributed by atoms with van der Waals surface area (Å²) in [6.45, 7) is 3.85. The summed E-state index contributed by atoms with van der Waals surface area (Å²) < 4.78 is 31.9. The van der Waals surface area contributed by atoms with Crippen LogP contribution in [-0.2, 0) is 19.6 Å². The molecular weight excluding hydrogens is 358 g/mol. The summed E-state index contributed by atoms with van der Waals surface area (Å²) in [6, 6.07) is 6.05. The van der Waals surface area contributed by atoms with Crippen LogP contribution in [0.1, 0.15) is 30.1 Å². The summed E-state index contributed by atoms with van der Waals surface area (Å²) in [5, 5.41) is 5.45. The zero-order valence-corrected chi connectivity index (χ0v) is 15.7. The van der Waals surface area contributed by atoms with Gasteiger partial charge in [0.05, 0.1) is 18.1 Å². The van der Waals surface area contributed by atoms with Gasteiger partial charge < -0.3 is 15.4 Å². The predicted octanol–water partition coefficient (Wildman–Crippen LogP) is 0.354. The van der Waals surface area contributed by atoms with E-state index in [1.54, 1.807) is 12.1 Å². The first-order valence-corrected chi connectivity index (χ1v) is 10.1. The molecule has 0 saturated carbocycles. The largest absolute Gasteiger partial charge is 0.379 e. The molecule has 144 valence electrons. The van der Waals surface area contributed by atoms with Crippen LogP contribution in [0, 0.1) is 0 Å². The van der Waals surface area contributed by atoms with Gasteiger partial charge in [0.1, 0.15) is 0 Å². The van der Waals surface area contributed by atoms with E-state index in [9.17, 15) is 18.0 Å². The molecule has 0 aliphatic carbocycles. The third-order valence-corrected chi connectivity index (χ3v) is 5.86. The molecule has 0 radical (unpaired) electrons. The summed E-state index contributed by atoms with van der Waals surface area (Å²) in [5.41, 5.74) is 0.307. The van der Waals surface area contributed by atoms with Crippen molar-refractivity contribution in [2.24, 2.45) is 0 Å². The topological polar surface area (TPSA) is 105 Å². The van der Waals surface area contributed by atoms with Crippen LogP contribution in [-0.4, -0.2) is 63.9 Å². The SMILES string of the molecule is CC(=O)NCCCCNC(=O)c1cccc(S(=O)(=O)N2CCOCC2)c1. The first-order chi connectivity index (χ1) is 12.4. The summed E-state index contributed by atoms with van der Waals surface area (Å²) in [4.78, 5) is 23.1. The van der Waals surface area contributed by atoms with Crippen LogP contribution in [0.25, 0.3) is 0 Å². The minimum Gasteiger partial charge on any atom is -0.379 e. The molecule has 0 atom stereocenters. The molecule has 1 aliphatic rings. The maximum absolute atomic E-state index is 12.7. The highest BCUT2D eigenvalue weighted by Gasteiger charge is 2.26. The van der Waals surface area contributed by atoms with Crippen molar-refractivity contribution >= 4 is 21.8 Å². The van der Waals surface area contributed by atoms with Crippen molar-refractivity contribution in [2.45, 2.75) is 24.7 Å². The first kappa shape index (κ1) is 20.3. The predicted molar refractivity (Wildman–Crippen MR) is 96.3 cm³/mol. The molecule has 1 aromatic carbocycles. The highest BCUT2D eigenvalue weighted by molar-refractivity contribution is 7.89. The Bertz CT molecular complexity index is 730. The van der Waals surface area contributed by atoms with Crippen molar-refractivity contribution in [3.05, 3.63) is 29.8 Å². The number of ether oxygens (including phenoxy) is 1. The molecule has 1 aliphatic heterocycles. The third-order valence-electron chi connectivity index (χ3n) is 3.97. The van der Waals surface area contributed by atoms with Crippen LogP contribution >= 0.6 is 0 Å². The van der Waals surface area contributed by atoms with E-state index in [1.165, 1.54) is 23.4 Å². The van der Waals surface area contributed by atoms with Gasteiger partial charge in [0.2, 0.25) is 15.9 Å². The van der Waals surface area contributed by atoms with E-state index in [0.717, 1.165) is 12.8 Å². The molecule has 1 fully saturated rings. The second-order valence-corrected chi connectivity index (χ2v) is 7.93. The average Bonchev–Trinajstić information content (AvgIpc) is 2.65. The Labute approximate surface area is 153 Å². The summed E-state index contributed by atoms with van der Waals surface area (Å²) in [7, 11) is -3.63. The van der Waals surface area contributed by atoms with Crippen LogP contribution in [0.5, 0.6) is 0 Å². The van der Waals surface area contributed by atoms with Gasteiger partial charge in [-0.05, 0) is 31.0 Å². The highest BCUT2D eigenvalue weighted by atomic mass is 32.2. The molecular formula is C17H25N3O5S. The van der Waals surface area contributed by atoms with E-state index < -0.39 is 10.0 Å². The minimum atomic E-state index is -3.63. The zero-order chi connectivity index (χ0) is 19.0. The van der Waals surface area contributed by atoms with Crippen molar-refractivity contribution in [1.82, 2.24) is 14.9 Å². The number of hydrogen-bond acceptors (Lipinski definition) is 5. The molecule has 2 rings (SSSR count). The van der Waals surface area contributed by atoms with Crippen LogP contribution in [0.2, 0.25) is 0 Å². The monoisotopic (exact) mass is 383 g/mol. The van der Waals surface area contributed by atoms with Gasteiger partial charge in [0.15, 0.2) is 0 Å². The van der Waals surface area contributed by atoms with Crippen LogP contribution in [0.3, 0.4) is 0 Å². The smallest absolute Gasteiger partial charge is 0.251 e. The molecule has 0 aromatic heterocycles. The third kappa shape index (κ3) is 5.79. The number of carbonyl (C=O) groups is 2. The number of morpholine rings is 1. The Morgan fingerprint density at radius 3 is 2.42 bits per heavy atom. The van der Waals surface area contributed by atoms with Gasteiger partial charge in [0.25, 0.3) is 5.91 Å². The van der Waals surface area contributed by atoms with Gasteiger partial charge in [0, 0.05) is 38.7 Å². The molecule has 0 unspecified atom stereocenters.